The van der Waals surface area contributed by atoms with Gasteiger partial charge >= 0.3 is 0 Å². The molecule has 0 radical (unpaired) electrons. The van der Waals surface area contributed by atoms with Crippen LogP contribution in [0.4, 0.5) is 5.69 Å². The average Bonchev–Trinajstić information content (AvgIpc) is 3.36. The number of carbonyl (C=O) groups is 3. The fraction of sp³-hybridized carbons (Fsp3) is 0.185. The molecule has 8 heteroatoms. The second-order valence-electron chi connectivity index (χ2n) is 8.78. The van der Waals surface area contributed by atoms with Gasteiger partial charge in [-0.15, -0.1) is 0 Å². The van der Waals surface area contributed by atoms with E-state index in [2.05, 4.69) is 5.10 Å². The van der Waals surface area contributed by atoms with Crippen LogP contribution in [0.2, 0.25) is 5.02 Å². The summed E-state index contributed by atoms with van der Waals surface area (Å²) in [4.78, 5) is 42.7. The fourth-order valence-electron chi connectivity index (χ4n) is 5.46. The van der Waals surface area contributed by atoms with Crippen LogP contribution in [0.5, 0.6) is 5.75 Å². The molecular formula is C27H20ClN3O4. The van der Waals surface area contributed by atoms with Crippen LogP contribution in [0, 0.1) is 11.8 Å². The van der Waals surface area contributed by atoms with Crippen LogP contribution in [-0.4, -0.2) is 42.0 Å². The number of hydrazone groups is 1. The Bertz CT molecular complexity index is 1400. The van der Waals surface area contributed by atoms with E-state index < -0.39 is 29.8 Å². The van der Waals surface area contributed by atoms with Gasteiger partial charge in [-0.1, -0.05) is 41.9 Å². The van der Waals surface area contributed by atoms with Gasteiger partial charge in [0.1, 0.15) is 11.8 Å². The van der Waals surface area contributed by atoms with Crippen LogP contribution >= 0.6 is 11.6 Å². The summed E-state index contributed by atoms with van der Waals surface area (Å²) in [6, 6.07) is 19.5. The van der Waals surface area contributed by atoms with Gasteiger partial charge in [0, 0.05) is 10.6 Å². The first-order valence-corrected chi connectivity index (χ1v) is 11.6. The van der Waals surface area contributed by atoms with E-state index in [1.807, 2.05) is 24.3 Å². The van der Waals surface area contributed by atoms with Crippen molar-refractivity contribution in [2.45, 2.75) is 12.1 Å². The molecule has 2 fully saturated rings. The maximum atomic E-state index is 13.8. The number of rotatable bonds is 4. The quantitative estimate of drug-likeness (QED) is 0.410. The first-order chi connectivity index (χ1) is 17.0. The van der Waals surface area contributed by atoms with E-state index in [1.54, 1.807) is 66.9 Å². The van der Waals surface area contributed by atoms with Gasteiger partial charge in [-0.3, -0.25) is 19.4 Å². The standard InChI is InChI=1S/C27H20ClN3O4/c1-35-19-11-9-15(10-12-19)25(32)24-22-21(23-20-8-3-2-5-16(20)14-29-31(23)24)26(33)30(27(22)34)18-7-4-6-17(28)13-18/h2-14,21-24H,1H3. The monoisotopic (exact) mass is 485 g/mol. The van der Waals surface area contributed by atoms with Gasteiger partial charge in [0.25, 0.3) is 0 Å². The summed E-state index contributed by atoms with van der Waals surface area (Å²) in [5.74, 6) is -2.06. The Balaban J connectivity index is 1.48. The molecule has 0 N–H and O–H groups in total. The number of Topliss-reactive ketones (excluding diaryl/α,β-unsaturated/α-hetero) is 1. The number of halogens is 1. The Hall–Kier alpha value is -3.97. The maximum absolute atomic E-state index is 13.8. The third kappa shape index (κ3) is 3.19. The van der Waals surface area contributed by atoms with Gasteiger partial charge in [0.15, 0.2) is 5.78 Å². The molecule has 2 saturated heterocycles. The summed E-state index contributed by atoms with van der Waals surface area (Å²) in [6.07, 6.45) is 1.69. The Kier molecular flexibility index (Phi) is 4.96. The van der Waals surface area contributed by atoms with Gasteiger partial charge in [0.2, 0.25) is 11.8 Å². The van der Waals surface area contributed by atoms with Crippen LogP contribution < -0.4 is 9.64 Å². The van der Waals surface area contributed by atoms with Crippen LogP contribution in [0.3, 0.4) is 0 Å². The summed E-state index contributed by atoms with van der Waals surface area (Å²) in [5, 5.41) is 6.64. The first kappa shape index (κ1) is 21.6. The number of ether oxygens (including phenoxy) is 1. The lowest BCUT2D eigenvalue weighted by Crippen LogP contribution is -2.44. The van der Waals surface area contributed by atoms with Crippen LogP contribution in [0.1, 0.15) is 27.5 Å². The molecule has 4 unspecified atom stereocenters. The highest BCUT2D eigenvalue weighted by atomic mass is 35.5. The minimum absolute atomic E-state index is 0.268. The van der Waals surface area contributed by atoms with E-state index in [0.717, 1.165) is 11.1 Å². The lowest BCUT2D eigenvalue weighted by molar-refractivity contribution is -0.124. The summed E-state index contributed by atoms with van der Waals surface area (Å²) in [5.41, 5.74) is 2.56. The molecule has 2 amide bonds. The van der Waals surface area contributed by atoms with Gasteiger partial charge in [-0.25, -0.2) is 4.90 Å². The largest absolute Gasteiger partial charge is 0.497 e. The molecule has 0 spiro atoms. The number of hydrogen-bond acceptors (Lipinski definition) is 6. The zero-order valence-corrected chi connectivity index (χ0v) is 19.4. The predicted molar refractivity (Wildman–Crippen MR) is 131 cm³/mol. The molecule has 0 bridgehead atoms. The molecule has 0 saturated carbocycles. The van der Waals surface area contributed by atoms with Gasteiger partial charge in [-0.2, -0.15) is 5.10 Å². The van der Waals surface area contributed by atoms with E-state index in [1.165, 1.54) is 4.90 Å². The van der Waals surface area contributed by atoms with Crippen molar-refractivity contribution in [1.29, 1.82) is 0 Å². The van der Waals surface area contributed by atoms with Crippen molar-refractivity contribution in [3.8, 4) is 5.75 Å². The minimum Gasteiger partial charge on any atom is -0.497 e. The molecule has 6 rings (SSSR count). The van der Waals surface area contributed by atoms with Crippen molar-refractivity contribution in [3.05, 3.63) is 94.5 Å². The highest BCUT2D eigenvalue weighted by Gasteiger charge is 2.65. The summed E-state index contributed by atoms with van der Waals surface area (Å²) in [6.45, 7) is 0. The van der Waals surface area contributed by atoms with Crippen molar-refractivity contribution in [2.24, 2.45) is 16.9 Å². The molecule has 7 nitrogen and oxygen atoms in total. The number of anilines is 1. The fourth-order valence-corrected chi connectivity index (χ4v) is 5.65. The lowest BCUT2D eigenvalue weighted by Gasteiger charge is -2.33. The SMILES string of the molecule is COc1ccc(C(=O)C2C3C(=O)N(c4cccc(Cl)c4)C(=O)C3C3c4ccccc4C=NN23)cc1. The highest BCUT2D eigenvalue weighted by molar-refractivity contribution is 6.31. The maximum Gasteiger partial charge on any atom is 0.240 e. The molecule has 3 aromatic rings. The molecule has 3 aliphatic heterocycles. The van der Waals surface area contributed by atoms with Gasteiger partial charge in [0.05, 0.1) is 36.9 Å². The topological polar surface area (TPSA) is 79.3 Å². The molecule has 0 aromatic heterocycles. The molecule has 4 atom stereocenters. The lowest BCUT2D eigenvalue weighted by atomic mass is 9.83. The zero-order chi connectivity index (χ0) is 24.3. The number of benzene rings is 3. The van der Waals surface area contributed by atoms with Gasteiger partial charge < -0.3 is 4.74 Å². The van der Waals surface area contributed by atoms with E-state index >= 15 is 0 Å². The number of fused-ring (bicyclic) bond motifs is 5. The molecule has 3 aromatic carbocycles. The van der Waals surface area contributed by atoms with Crippen LogP contribution in [0.15, 0.2) is 77.9 Å². The molecular weight excluding hydrogens is 466 g/mol. The zero-order valence-electron chi connectivity index (χ0n) is 18.7. The number of nitrogens with zero attached hydrogens (tertiary/aromatic N) is 3. The number of ketones is 1. The molecule has 0 aliphatic carbocycles. The third-order valence-corrected chi connectivity index (χ3v) is 7.24. The van der Waals surface area contributed by atoms with E-state index in [0.29, 0.717) is 22.0 Å². The Morgan fingerprint density at radius 3 is 2.43 bits per heavy atom. The second-order valence-corrected chi connectivity index (χ2v) is 9.22. The normalized spacial score (nSPS) is 24.3. The summed E-state index contributed by atoms with van der Waals surface area (Å²) < 4.78 is 5.21. The predicted octanol–water partition coefficient (Wildman–Crippen LogP) is 4.11. The van der Waals surface area contributed by atoms with Crippen molar-refractivity contribution >= 4 is 41.1 Å². The third-order valence-electron chi connectivity index (χ3n) is 7.00. The van der Waals surface area contributed by atoms with Gasteiger partial charge in [-0.05, 0) is 53.6 Å². The van der Waals surface area contributed by atoms with Crippen LogP contribution in [-0.2, 0) is 9.59 Å². The van der Waals surface area contributed by atoms with Crippen molar-refractivity contribution in [3.63, 3.8) is 0 Å². The molecule has 174 valence electrons. The Morgan fingerprint density at radius 1 is 0.943 bits per heavy atom. The van der Waals surface area contributed by atoms with Crippen molar-refractivity contribution in [1.82, 2.24) is 5.01 Å². The summed E-state index contributed by atoms with van der Waals surface area (Å²) in [7, 11) is 1.55. The number of hydrogen-bond donors (Lipinski definition) is 0. The molecule has 3 heterocycles. The highest BCUT2D eigenvalue weighted by Crippen LogP contribution is 2.53. The Labute approximate surface area is 206 Å². The number of methoxy groups -OCH3 is 1. The van der Waals surface area contributed by atoms with E-state index in [-0.39, 0.29) is 11.7 Å². The average molecular weight is 486 g/mol. The number of imide groups is 1. The van der Waals surface area contributed by atoms with Crippen molar-refractivity contribution in [2.75, 3.05) is 12.0 Å². The molecule has 3 aliphatic rings. The molecule has 35 heavy (non-hydrogen) atoms. The Morgan fingerprint density at radius 2 is 1.69 bits per heavy atom. The smallest absolute Gasteiger partial charge is 0.240 e. The second kappa shape index (κ2) is 8.06. The summed E-state index contributed by atoms with van der Waals surface area (Å²) >= 11 is 6.16. The minimum atomic E-state index is -0.927. The van der Waals surface area contributed by atoms with E-state index in [4.69, 9.17) is 16.3 Å². The van der Waals surface area contributed by atoms with E-state index in [9.17, 15) is 14.4 Å². The first-order valence-electron chi connectivity index (χ1n) is 11.2. The van der Waals surface area contributed by atoms with Crippen molar-refractivity contribution < 1.29 is 19.1 Å². The van der Waals surface area contributed by atoms with Crippen LogP contribution in [0.25, 0.3) is 0 Å². The number of amides is 2. The number of carbonyl (C=O) groups excluding carboxylic acids is 3.